The average Bonchev–Trinajstić information content (AvgIpc) is 3.00. The molecule has 1 aromatic carbocycles. The Morgan fingerprint density at radius 1 is 1.45 bits per heavy atom. The van der Waals surface area contributed by atoms with E-state index in [4.69, 9.17) is 10.7 Å². The van der Waals surface area contributed by atoms with Crippen LogP contribution in [0.3, 0.4) is 0 Å². The van der Waals surface area contributed by atoms with Crippen LogP contribution in [0.25, 0.3) is 11.0 Å². The molecule has 1 aromatic heterocycles. The molecule has 104 valence electrons. The lowest BCUT2D eigenvalue weighted by atomic mass is 9.80. The number of primary amides is 1. The second-order valence-electron chi connectivity index (χ2n) is 6.08. The van der Waals surface area contributed by atoms with Crippen molar-refractivity contribution >= 4 is 16.9 Å². The smallest absolute Gasteiger partial charge is 0.250 e. The summed E-state index contributed by atoms with van der Waals surface area (Å²) in [5.74, 6) is 1.29. The van der Waals surface area contributed by atoms with Crippen LogP contribution in [-0.4, -0.2) is 22.4 Å². The Balaban J connectivity index is 1.85. The van der Waals surface area contributed by atoms with Crippen molar-refractivity contribution < 1.29 is 4.79 Å². The lowest BCUT2D eigenvalue weighted by Crippen LogP contribution is -2.38. The van der Waals surface area contributed by atoms with Gasteiger partial charge in [0.1, 0.15) is 11.3 Å². The molecule has 20 heavy (non-hydrogen) atoms. The number of rotatable bonds is 2. The molecule has 5 nitrogen and oxygen atoms in total. The highest BCUT2D eigenvalue weighted by molar-refractivity contribution is 6.04. The van der Waals surface area contributed by atoms with Crippen molar-refractivity contribution in [3.8, 4) is 0 Å². The molecule has 1 saturated heterocycles. The third-order valence-corrected chi connectivity index (χ3v) is 4.81. The van der Waals surface area contributed by atoms with E-state index in [1.807, 2.05) is 12.1 Å². The SMILES string of the molecule is NC(=O)c1cccc2[nH]c([C@@]34CCC[C@H](CN3)C4)nc12. The van der Waals surface area contributed by atoms with Gasteiger partial charge in [-0.1, -0.05) is 12.5 Å². The molecule has 2 bridgehead atoms. The maximum Gasteiger partial charge on any atom is 0.250 e. The Bertz CT molecular complexity index is 688. The van der Waals surface area contributed by atoms with E-state index in [1.165, 1.54) is 12.8 Å². The van der Waals surface area contributed by atoms with Crippen LogP contribution in [0, 0.1) is 5.92 Å². The van der Waals surface area contributed by atoms with E-state index in [-0.39, 0.29) is 5.54 Å². The summed E-state index contributed by atoms with van der Waals surface area (Å²) in [6.07, 6.45) is 4.78. The van der Waals surface area contributed by atoms with Gasteiger partial charge in [-0.3, -0.25) is 4.79 Å². The molecule has 2 heterocycles. The number of nitrogens with two attached hydrogens (primary N) is 1. The Labute approximate surface area is 117 Å². The molecule has 1 aliphatic carbocycles. The van der Waals surface area contributed by atoms with Crippen molar-refractivity contribution in [2.45, 2.75) is 31.2 Å². The molecule has 0 spiro atoms. The molecule has 2 aromatic rings. The fraction of sp³-hybridized carbons (Fsp3) is 0.467. The molecule has 1 amide bonds. The molecular formula is C15H18N4O. The van der Waals surface area contributed by atoms with Gasteiger partial charge in [-0.25, -0.2) is 4.98 Å². The van der Waals surface area contributed by atoms with Gasteiger partial charge in [-0.2, -0.15) is 0 Å². The molecule has 5 heteroatoms. The van der Waals surface area contributed by atoms with Gasteiger partial charge in [-0.05, 0) is 43.9 Å². The minimum absolute atomic E-state index is 0.0309. The number of H-pyrrole nitrogens is 1. The quantitative estimate of drug-likeness (QED) is 0.776. The average molecular weight is 270 g/mol. The van der Waals surface area contributed by atoms with Gasteiger partial charge in [0.05, 0.1) is 16.6 Å². The van der Waals surface area contributed by atoms with E-state index in [0.29, 0.717) is 11.1 Å². The largest absolute Gasteiger partial charge is 0.366 e. The van der Waals surface area contributed by atoms with E-state index >= 15 is 0 Å². The number of benzene rings is 1. The Morgan fingerprint density at radius 3 is 3.20 bits per heavy atom. The molecular weight excluding hydrogens is 252 g/mol. The highest BCUT2D eigenvalue weighted by atomic mass is 16.1. The number of fused-ring (bicyclic) bond motifs is 3. The molecule has 2 fully saturated rings. The summed E-state index contributed by atoms with van der Waals surface area (Å²) in [6.45, 7) is 1.07. The molecule has 4 rings (SSSR count). The molecule has 0 radical (unpaired) electrons. The fourth-order valence-electron chi connectivity index (χ4n) is 3.82. The van der Waals surface area contributed by atoms with Crippen LogP contribution in [-0.2, 0) is 5.54 Å². The zero-order chi connectivity index (χ0) is 13.7. The van der Waals surface area contributed by atoms with Crippen LogP contribution in [0.1, 0.15) is 41.9 Å². The van der Waals surface area contributed by atoms with Crippen molar-refractivity contribution in [1.29, 1.82) is 0 Å². The van der Waals surface area contributed by atoms with Gasteiger partial charge < -0.3 is 16.0 Å². The second kappa shape index (κ2) is 4.06. The summed E-state index contributed by atoms with van der Waals surface area (Å²) >= 11 is 0. The first-order valence-corrected chi connectivity index (χ1v) is 7.22. The highest BCUT2D eigenvalue weighted by Crippen LogP contribution is 2.43. The van der Waals surface area contributed by atoms with Gasteiger partial charge >= 0.3 is 0 Å². The van der Waals surface area contributed by atoms with Crippen LogP contribution < -0.4 is 11.1 Å². The summed E-state index contributed by atoms with van der Waals surface area (Å²) in [7, 11) is 0. The van der Waals surface area contributed by atoms with E-state index in [9.17, 15) is 4.79 Å². The zero-order valence-corrected chi connectivity index (χ0v) is 11.3. The first-order chi connectivity index (χ1) is 9.68. The molecule has 1 saturated carbocycles. The fourth-order valence-corrected chi connectivity index (χ4v) is 3.82. The third kappa shape index (κ3) is 1.59. The number of hydrogen-bond acceptors (Lipinski definition) is 3. The molecule has 4 N–H and O–H groups in total. The maximum absolute atomic E-state index is 11.5. The van der Waals surface area contributed by atoms with Gasteiger partial charge in [-0.15, -0.1) is 0 Å². The number of para-hydroxylation sites is 1. The summed E-state index contributed by atoms with van der Waals surface area (Å²) in [5.41, 5.74) is 7.48. The van der Waals surface area contributed by atoms with Crippen molar-refractivity contribution in [2.24, 2.45) is 11.7 Å². The van der Waals surface area contributed by atoms with Gasteiger partial charge in [0.25, 0.3) is 5.91 Å². The predicted molar refractivity (Wildman–Crippen MR) is 76.3 cm³/mol. The minimum Gasteiger partial charge on any atom is -0.366 e. The molecule has 2 aliphatic rings. The summed E-state index contributed by atoms with van der Waals surface area (Å²) in [6, 6.07) is 5.52. The summed E-state index contributed by atoms with van der Waals surface area (Å²) < 4.78 is 0. The van der Waals surface area contributed by atoms with Crippen LogP contribution in [0.2, 0.25) is 0 Å². The van der Waals surface area contributed by atoms with E-state index in [2.05, 4.69) is 10.3 Å². The van der Waals surface area contributed by atoms with Crippen molar-refractivity contribution in [1.82, 2.24) is 15.3 Å². The Morgan fingerprint density at radius 2 is 2.35 bits per heavy atom. The number of aromatic nitrogens is 2. The topological polar surface area (TPSA) is 83.8 Å². The standard InChI is InChI=1S/C15H18N4O/c16-13(20)10-4-1-5-11-12(10)19-14(18-11)15-6-2-3-9(7-15)8-17-15/h1,4-5,9,17H,2-3,6-8H2,(H2,16,20)(H,18,19)/t9-,15-/m0/s1. The van der Waals surface area contributed by atoms with Crippen LogP contribution >= 0.6 is 0 Å². The first kappa shape index (κ1) is 11.9. The van der Waals surface area contributed by atoms with Crippen LogP contribution in [0.4, 0.5) is 0 Å². The van der Waals surface area contributed by atoms with Gasteiger partial charge in [0.2, 0.25) is 0 Å². The number of imidazole rings is 1. The molecule has 2 atom stereocenters. The Hall–Kier alpha value is -1.88. The van der Waals surface area contributed by atoms with Crippen molar-refractivity contribution in [3.05, 3.63) is 29.6 Å². The van der Waals surface area contributed by atoms with E-state index < -0.39 is 5.91 Å². The minimum atomic E-state index is -0.424. The zero-order valence-electron chi connectivity index (χ0n) is 11.3. The number of carbonyl (C=O) groups excluding carboxylic acids is 1. The van der Waals surface area contributed by atoms with E-state index in [1.54, 1.807) is 6.07 Å². The highest BCUT2D eigenvalue weighted by Gasteiger charge is 2.45. The van der Waals surface area contributed by atoms with Crippen LogP contribution in [0.5, 0.6) is 0 Å². The van der Waals surface area contributed by atoms with Gasteiger partial charge in [0, 0.05) is 0 Å². The lowest BCUT2D eigenvalue weighted by Gasteiger charge is -2.30. The van der Waals surface area contributed by atoms with E-state index in [0.717, 1.165) is 36.6 Å². The molecule has 1 aliphatic heterocycles. The third-order valence-electron chi connectivity index (χ3n) is 4.81. The number of hydrogen-bond donors (Lipinski definition) is 3. The van der Waals surface area contributed by atoms with Gasteiger partial charge in [0.15, 0.2) is 0 Å². The van der Waals surface area contributed by atoms with Crippen molar-refractivity contribution in [2.75, 3.05) is 6.54 Å². The summed E-state index contributed by atoms with van der Waals surface area (Å²) in [4.78, 5) is 19.6. The number of nitrogens with one attached hydrogen (secondary N) is 2. The monoisotopic (exact) mass is 270 g/mol. The first-order valence-electron chi connectivity index (χ1n) is 7.22. The maximum atomic E-state index is 11.5. The van der Waals surface area contributed by atoms with Crippen molar-refractivity contribution in [3.63, 3.8) is 0 Å². The normalized spacial score (nSPS) is 28.9. The number of carbonyl (C=O) groups is 1. The second-order valence-corrected chi connectivity index (χ2v) is 6.08. The summed E-state index contributed by atoms with van der Waals surface area (Å²) in [5, 5.41) is 3.65. The molecule has 0 unspecified atom stereocenters. The van der Waals surface area contributed by atoms with Crippen LogP contribution in [0.15, 0.2) is 18.2 Å². The lowest BCUT2D eigenvalue weighted by molar-refractivity contribution is 0.100. The predicted octanol–water partition coefficient (Wildman–Crippen LogP) is 1.65. The number of aromatic amines is 1. The number of amides is 1. The number of nitrogens with zero attached hydrogens (tertiary/aromatic N) is 1. The Kier molecular flexibility index (Phi) is 2.41.